The van der Waals surface area contributed by atoms with Crippen LogP contribution in [0.3, 0.4) is 0 Å². The third-order valence-corrected chi connectivity index (χ3v) is 10.8. The molecule has 2 aromatic carbocycles. The lowest BCUT2D eigenvalue weighted by atomic mass is 9.55. The summed E-state index contributed by atoms with van der Waals surface area (Å²) in [5.74, 6) is 0.478. The second kappa shape index (κ2) is 9.59. The largest absolute Gasteiger partial charge is 0.481 e. The van der Waals surface area contributed by atoms with E-state index in [2.05, 4.69) is 5.16 Å². The zero-order valence-corrected chi connectivity index (χ0v) is 23.8. The van der Waals surface area contributed by atoms with Crippen LogP contribution in [0.15, 0.2) is 47.0 Å². The first-order valence-corrected chi connectivity index (χ1v) is 15.1. The molecule has 0 aliphatic heterocycles. The van der Waals surface area contributed by atoms with Crippen LogP contribution >= 0.6 is 23.2 Å². The average Bonchev–Trinajstić information content (AvgIpc) is 3.91. The fourth-order valence-corrected chi connectivity index (χ4v) is 7.77. The van der Waals surface area contributed by atoms with Gasteiger partial charge in [0, 0.05) is 22.5 Å². The molecule has 1 atom stereocenters. The molecular weight excluding hydrogens is 549 g/mol. The Labute approximate surface area is 243 Å². The molecule has 2 N–H and O–H groups in total. The minimum absolute atomic E-state index is 0.212. The number of halogens is 2. The van der Waals surface area contributed by atoms with Gasteiger partial charge >= 0.3 is 5.97 Å². The van der Waals surface area contributed by atoms with E-state index in [9.17, 15) is 15.0 Å². The maximum absolute atomic E-state index is 11.9. The molecule has 1 unspecified atom stereocenters. The van der Waals surface area contributed by atoms with Gasteiger partial charge in [-0.3, -0.25) is 4.79 Å². The van der Waals surface area contributed by atoms with E-state index in [1.54, 1.807) is 0 Å². The molecule has 210 valence electrons. The van der Waals surface area contributed by atoms with Gasteiger partial charge in [-0.05, 0) is 87.5 Å². The number of ether oxygens (including phenoxy) is 1. The maximum atomic E-state index is 11.9. The molecule has 8 rings (SSSR count). The van der Waals surface area contributed by atoms with Crippen molar-refractivity contribution in [1.82, 2.24) is 5.16 Å². The molecule has 0 radical (unpaired) electrons. The first kappa shape index (κ1) is 26.5. The summed E-state index contributed by atoms with van der Waals surface area (Å²) in [5, 5.41) is 26.8. The highest BCUT2D eigenvalue weighted by Gasteiger charge is 2.54. The van der Waals surface area contributed by atoms with Gasteiger partial charge in [0.25, 0.3) is 0 Å². The van der Waals surface area contributed by atoms with Crippen molar-refractivity contribution >= 4 is 29.2 Å². The van der Waals surface area contributed by atoms with Crippen molar-refractivity contribution in [1.29, 1.82) is 0 Å². The molecule has 5 saturated carbocycles. The monoisotopic (exact) mass is 581 g/mol. The van der Waals surface area contributed by atoms with Crippen LogP contribution in [0.25, 0.3) is 11.3 Å². The number of aliphatic hydroxyl groups excluding tert-OH is 1. The molecule has 5 fully saturated rings. The first-order valence-electron chi connectivity index (χ1n) is 14.3. The minimum atomic E-state index is -0.774. The Morgan fingerprint density at radius 1 is 1.00 bits per heavy atom. The predicted octanol–water partition coefficient (Wildman–Crippen LogP) is 7.99. The number of aliphatic carboxylic acids is 1. The molecule has 2 bridgehead atoms. The third kappa shape index (κ3) is 4.30. The second-order valence-corrected chi connectivity index (χ2v) is 13.3. The molecule has 3 aromatic rings. The van der Waals surface area contributed by atoms with Gasteiger partial charge in [0.05, 0.1) is 33.8 Å². The van der Waals surface area contributed by atoms with Crippen LogP contribution in [-0.2, 0) is 21.6 Å². The number of aliphatic hydroxyl groups is 1. The van der Waals surface area contributed by atoms with Crippen molar-refractivity contribution < 1.29 is 24.3 Å². The summed E-state index contributed by atoms with van der Waals surface area (Å²) in [7, 11) is 0. The number of rotatable bonds is 9. The average molecular weight is 583 g/mol. The number of aromatic nitrogens is 1. The first-order chi connectivity index (χ1) is 19.3. The van der Waals surface area contributed by atoms with Crippen molar-refractivity contribution in [2.45, 2.75) is 93.9 Å². The predicted molar refractivity (Wildman–Crippen MR) is 152 cm³/mol. The van der Waals surface area contributed by atoms with E-state index in [-0.39, 0.29) is 11.0 Å². The van der Waals surface area contributed by atoms with Crippen LogP contribution in [0.2, 0.25) is 10.0 Å². The Balaban J connectivity index is 1.08. The molecule has 5 aliphatic rings. The van der Waals surface area contributed by atoms with Gasteiger partial charge in [-0.15, -0.1) is 0 Å². The fraction of sp³-hybridized carbons (Fsp3) is 0.500. The molecule has 0 spiro atoms. The van der Waals surface area contributed by atoms with Gasteiger partial charge < -0.3 is 19.5 Å². The second-order valence-electron chi connectivity index (χ2n) is 12.5. The van der Waals surface area contributed by atoms with E-state index in [1.165, 1.54) is 0 Å². The minimum Gasteiger partial charge on any atom is -0.481 e. The molecule has 0 saturated heterocycles. The number of hydrogen-bond acceptors (Lipinski definition) is 5. The molecule has 8 heteroatoms. The zero-order chi connectivity index (χ0) is 27.7. The maximum Gasteiger partial charge on any atom is 0.314 e. The lowest BCUT2D eigenvalue weighted by molar-refractivity contribution is -0.169. The van der Waals surface area contributed by atoms with Crippen LogP contribution in [-0.4, -0.2) is 26.9 Å². The number of nitrogens with zero attached hydrogens (tertiary/aromatic N) is 1. The Morgan fingerprint density at radius 2 is 1.65 bits per heavy atom. The number of carbonyl (C=O) groups is 1. The molecule has 40 heavy (non-hydrogen) atoms. The molecule has 6 nitrogen and oxygen atoms in total. The number of fused-ring (bicyclic) bond motifs is 3. The molecule has 1 aromatic heterocycles. The van der Waals surface area contributed by atoms with Crippen molar-refractivity contribution in [2.75, 3.05) is 0 Å². The Bertz CT molecular complexity index is 1430. The lowest BCUT2D eigenvalue weighted by Gasteiger charge is -2.55. The summed E-state index contributed by atoms with van der Waals surface area (Å²) in [6.45, 7) is 0.390. The van der Waals surface area contributed by atoms with E-state index in [0.717, 1.165) is 73.8 Å². The summed E-state index contributed by atoms with van der Waals surface area (Å²) in [4.78, 5) is 11.9. The number of benzene rings is 2. The van der Waals surface area contributed by atoms with Crippen LogP contribution in [0, 0.1) is 5.41 Å². The number of carboxylic acids is 1. The van der Waals surface area contributed by atoms with Crippen LogP contribution in [0.4, 0.5) is 0 Å². The highest BCUT2D eigenvalue weighted by atomic mass is 35.5. The highest BCUT2D eigenvalue weighted by Crippen LogP contribution is 2.60. The number of carboxylic acid groups (broad SMARTS) is 1. The Kier molecular flexibility index (Phi) is 6.35. The van der Waals surface area contributed by atoms with Gasteiger partial charge in [-0.25, -0.2) is 0 Å². The Hall–Kier alpha value is -2.38. The van der Waals surface area contributed by atoms with E-state index in [1.807, 2.05) is 42.5 Å². The molecule has 1 heterocycles. The standard InChI is InChI=1S/C32H33Cl2NO5/c33-23-5-2-6-24(34)25(23)26-22(27(40-35-26)19-7-8-19)18-39-31-12-9-30(10-13-31,11-14-31)28(36)20-3-1-4-21(17-20)32(15-16-32)29(37)38/h1-6,17,19,28,36H,7-16,18H2,(H,37,38). The lowest BCUT2D eigenvalue weighted by Crippen LogP contribution is -2.49. The van der Waals surface area contributed by atoms with E-state index in [4.69, 9.17) is 32.5 Å². The Morgan fingerprint density at radius 3 is 2.25 bits per heavy atom. The van der Waals surface area contributed by atoms with Gasteiger partial charge in [0.1, 0.15) is 11.5 Å². The normalized spacial score (nSPS) is 27.5. The number of hydrogen-bond donors (Lipinski definition) is 2. The van der Waals surface area contributed by atoms with Gasteiger partial charge in [-0.1, -0.05) is 58.7 Å². The van der Waals surface area contributed by atoms with Crippen molar-refractivity contribution in [3.63, 3.8) is 0 Å². The molecule has 0 amide bonds. The van der Waals surface area contributed by atoms with Gasteiger partial charge in [0.15, 0.2) is 0 Å². The van der Waals surface area contributed by atoms with Crippen LogP contribution < -0.4 is 0 Å². The van der Waals surface area contributed by atoms with Crippen LogP contribution in [0.5, 0.6) is 0 Å². The summed E-state index contributed by atoms with van der Waals surface area (Å²) in [6, 6.07) is 13.1. The third-order valence-electron chi connectivity index (χ3n) is 10.2. The topological polar surface area (TPSA) is 92.8 Å². The summed E-state index contributed by atoms with van der Waals surface area (Å²) >= 11 is 13.1. The summed E-state index contributed by atoms with van der Waals surface area (Å²) in [6.07, 6.45) is 8.07. The van der Waals surface area contributed by atoms with Crippen LogP contribution in [0.1, 0.15) is 98.7 Å². The van der Waals surface area contributed by atoms with Crippen molar-refractivity contribution in [2.24, 2.45) is 5.41 Å². The van der Waals surface area contributed by atoms with E-state index < -0.39 is 17.5 Å². The smallest absolute Gasteiger partial charge is 0.314 e. The SMILES string of the molecule is O=C(O)C1(c2cccc(C(O)C34CCC(OCc5c(-c6c(Cl)cccc6Cl)noc5C5CC5)(CC3)CC4)c2)CC1. The fourth-order valence-electron chi connectivity index (χ4n) is 7.19. The zero-order valence-electron chi connectivity index (χ0n) is 22.3. The molecule has 5 aliphatic carbocycles. The van der Waals surface area contributed by atoms with Crippen molar-refractivity contribution in [3.05, 3.63) is 75.0 Å². The summed E-state index contributed by atoms with van der Waals surface area (Å²) < 4.78 is 12.6. The van der Waals surface area contributed by atoms with Crippen molar-refractivity contribution in [3.8, 4) is 11.3 Å². The highest BCUT2D eigenvalue weighted by molar-refractivity contribution is 6.39. The van der Waals surface area contributed by atoms with E-state index in [0.29, 0.717) is 46.7 Å². The van der Waals surface area contributed by atoms with Gasteiger partial charge in [-0.2, -0.15) is 0 Å². The quantitative estimate of drug-likeness (QED) is 0.266. The summed E-state index contributed by atoms with van der Waals surface area (Å²) in [5.41, 5.74) is 2.71. The molecular formula is C32H33Cl2NO5. The van der Waals surface area contributed by atoms with Gasteiger partial charge in [0.2, 0.25) is 0 Å². The van der Waals surface area contributed by atoms with E-state index >= 15 is 0 Å².